The van der Waals surface area contributed by atoms with Gasteiger partial charge >= 0.3 is 12.0 Å². The van der Waals surface area contributed by atoms with E-state index in [0.29, 0.717) is 11.5 Å². The van der Waals surface area contributed by atoms with E-state index >= 15 is 0 Å². The predicted molar refractivity (Wildman–Crippen MR) is 104 cm³/mol. The van der Waals surface area contributed by atoms with Crippen LogP contribution in [-0.4, -0.2) is 35.8 Å². The molecule has 1 heterocycles. The van der Waals surface area contributed by atoms with E-state index in [1.54, 1.807) is 43.5 Å². The van der Waals surface area contributed by atoms with Crippen molar-refractivity contribution in [2.75, 3.05) is 19.0 Å². The Labute approximate surface area is 167 Å². The SMILES string of the molecule is COc1ccc(-c2noc(COC(=O)CCNC(=O)Nc3ccccc3)n2)cc1. The molecule has 0 saturated heterocycles. The number of para-hydroxylation sites is 1. The molecule has 29 heavy (non-hydrogen) atoms. The second-order valence-corrected chi connectivity index (χ2v) is 5.90. The molecule has 2 N–H and O–H groups in total. The number of hydrogen-bond acceptors (Lipinski definition) is 7. The fraction of sp³-hybridized carbons (Fsp3) is 0.200. The van der Waals surface area contributed by atoms with Gasteiger partial charge in [-0.1, -0.05) is 23.4 Å². The molecule has 0 aliphatic rings. The van der Waals surface area contributed by atoms with Crippen molar-refractivity contribution < 1.29 is 23.6 Å². The van der Waals surface area contributed by atoms with Gasteiger partial charge in [-0.15, -0.1) is 0 Å². The number of rotatable bonds is 8. The van der Waals surface area contributed by atoms with Crippen LogP contribution in [-0.2, 0) is 16.1 Å². The highest BCUT2D eigenvalue weighted by Gasteiger charge is 2.12. The molecule has 0 bridgehead atoms. The minimum absolute atomic E-state index is 0.0156. The van der Waals surface area contributed by atoms with Crippen LogP contribution in [0.3, 0.4) is 0 Å². The van der Waals surface area contributed by atoms with Gasteiger partial charge in [0, 0.05) is 17.8 Å². The van der Waals surface area contributed by atoms with E-state index in [9.17, 15) is 9.59 Å². The molecule has 9 heteroatoms. The lowest BCUT2D eigenvalue weighted by atomic mass is 10.2. The largest absolute Gasteiger partial charge is 0.497 e. The number of nitrogens with zero attached hydrogens (tertiary/aromatic N) is 2. The van der Waals surface area contributed by atoms with Crippen molar-refractivity contribution in [2.45, 2.75) is 13.0 Å². The molecule has 3 rings (SSSR count). The first-order valence-corrected chi connectivity index (χ1v) is 8.86. The van der Waals surface area contributed by atoms with Crippen molar-refractivity contribution in [2.24, 2.45) is 0 Å². The number of benzene rings is 2. The minimum atomic E-state index is -0.491. The van der Waals surface area contributed by atoms with Gasteiger partial charge < -0.3 is 24.6 Å². The molecule has 0 spiro atoms. The number of amides is 2. The lowest BCUT2D eigenvalue weighted by Gasteiger charge is -2.07. The number of ether oxygens (including phenoxy) is 2. The summed E-state index contributed by atoms with van der Waals surface area (Å²) < 4.78 is 15.3. The molecular formula is C20H20N4O5. The first-order valence-electron chi connectivity index (χ1n) is 8.86. The average molecular weight is 396 g/mol. The normalized spacial score (nSPS) is 10.2. The molecule has 9 nitrogen and oxygen atoms in total. The Morgan fingerprint density at radius 1 is 1.07 bits per heavy atom. The van der Waals surface area contributed by atoms with Gasteiger partial charge in [-0.2, -0.15) is 4.98 Å². The monoisotopic (exact) mass is 396 g/mol. The van der Waals surface area contributed by atoms with Crippen LogP contribution in [0.15, 0.2) is 59.1 Å². The smallest absolute Gasteiger partial charge is 0.319 e. The van der Waals surface area contributed by atoms with E-state index in [1.165, 1.54) is 0 Å². The topological polar surface area (TPSA) is 116 Å². The highest BCUT2D eigenvalue weighted by Crippen LogP contribution is 2.19. The Morgan fingerprint density at radius 2 is 1.83 bits per heavy atom. The van der Waals surface area contributed by atoms with E-state index < -0.39 is 12.0 Å². The first-order chi connectivity index (χ1) is 14.1. The average Bonchev–Trinajstić information content (AvgIpc) is 3.22. The molecule has 2 amide bonds. The molecule has 0 fully saturated rings. The molecule has 0 radical (unpaired) electrons. The summed E-state index contributed by atoms with van der Waals surface area (Å²) in [5.74, 6) is 0.795. The maximum atomic E-state index is 11.8. The third-order valence-electron chi connectivity index (χ3n) is 3.82. The Morgan fingerprint density at radius 3 is 2.55 bits per heavy atom. The minimum Gasteiger partial charge on any atom is -0.497 e. The summed E-state index contributed by atoms with van der Waals surface area (Å²) >= 11 is 0. The number of nitrogens with one attached hydrogen (secondary N) is 2. The highest BCUT2D eigenvalue weighted by molar-refractivity contribution is 5.89. The number of carbonyl (C=O) groups is 2. The summed E-state index contributed by atoms with van der Waals surface area (Å²) in [6, 6.07) is 15.8. The third kappa shape index (κ3) is 6.06. The summed E-state index contributed by atoms with van der Waals surface area (Å²) in [6.45, 7) is -0.00334. The fourth-order valence-corrected chi connectivity index (χ4v) is 2.36. The van der Waals surface area contributed by atoms with Crippen LogP contribution in [0.4, 0.5) is 10.5 Å². The van der Waals surface area contributed by atoms with Crippen LogP contribution in [0.1, 0.15) is 12.3 Å². The van der Waals surface area contributed by atoms with Gasteiger partial charge in [0.1, 0.15) is 5.75 Å². The van der Waals surface area contributed by atoms with Gasteiger partial charge in [-0.25, -0.2) is 4.79 Å². The standard InChI is InChI=1S/C20H20N4O5/c1-27-16-9-7-14(8-10-16)19-23-17(29-24-19)13-28-18(25)11-12-21-20(26)22-15-5-3-2-4-6-15/h2-10H,11-13H2,1H3,(H2,21,22,26). The molecule has 0 saturated carbocycles. The lowest BCUT2D eigenvalue weighted by molar-refractivity contribution is -0.145. The summed E-state index contributed by atoms with van der Waals surface area (Å²) in [7, 11) is 1.58. The van der Waals surface area contributed by atoms with Crippen LogP contribution >= 0.6 is 0 Å². The van der Waals surface area contributed by atoms with Crippen molar-refractivity contribution in [1.29, 1.82) is 0 Å². The van der Waals surface area contributed by atoms with Crippen LogP contribution in [0.25, 0.3) is 11.4 Å². The van der Waals surface area contributed by atoms with Crippen LogP contribution in [0.5, 0.6) is 5.75 Å². The Hall–Kier alpha value is -3.88. The third-order valence-corrected chi connectivity index (χ3v) is 3.82. The van der Waals surface area contributed by atoms with Gasteiger partial charge in [-0.05, 0) is 36.4 Å². The number of hydrogen-bond donors (Lipinski definition) is 2. The van der Waals surface area contributed by atoms with Crippen molar-refractivity contribution in [3.05, 3.63) is 60.5 Å². The second kappa shape index (κ2) is 9.88. The van der Waals surface area contributed by atoms with Crippen molar-refractivity contribution in [3.63, 3.8) is 0 Å². The van der Waals surface area contributed by atoms with E-state index in [0.717, 1.165) is 11.3 Å². The molecule has 0 unspecified atom stereocenters. The fourth-order valence-electron chi connectivity index (χ4n) is 2.36. The number of carbonyl (C=O) groups excluding carboxylic acids is 2. The lowest BCUT2D eigenvalue weighted by Crippen LogP contribution is -2.30. The zero-order chi connectivity index (χ0) is 20.5. The van der Waals surface area contributed by atoms with Crippen molar-refractivity contribution in [1.82, 2.24) is 15.5 Å². The number of methoxy groups -OCH3 is 1. The first kappa shape index (κ1) is 19.9. The Bertz CT molecular complexity index is 941. The van der Waals surface area contributed by atoms with Gasteiger partial charge in [0.2, 0.25) is 5.82 Å². The summed E-state index contributed by atoms with van der Waals surface area (Å²) in [5.41, 5.74) is 1.41. The van der Waals surface area contributed by atoms with Gasteiger partial charge in [-0.3, -0.25) is 4.79 Å². The maximum Gasteiger partial charge on any atom is 0.319 e. The van der Waals surface area contributed by atoms with E-state index in [2.05, 4.69) is 20.8 Å². The van der Waals surface area contributed by atoms with E-state index in [1.807, 2.05) is 18.2 Å². The quantitative estimate of drug-likeness (QED) is 0.562. The van der Waals surface area contributed by atoms with Crippen molar-refractivity contribution >= 4 is 17.7 Å². The molecule has 0 aliphatic heterocycles. The molecule has 2 aromatic carbocycles. The van der Waals surface area contributed by atoms with Crippen LogP contribution < -0.4 is 15.4 Å². The van der Waals surface area contributed by atoms with Crippen LogP contribution in [0.2, 0.25) is 0 Å². The Balaban J connectivity index is 1.38. The zero-order valence-corrected chi connectivity index (χ0v) is 15.8. The van der Waals surface area contributed by atoms with E-state index in [4.69, 9.17) is 14.0 Å². The second-order valence-electron chi connectivity index (χ2n) is 5.90. The molecule has 0 atom stereocenters. The maximum absolute atomic E-state index is 11.8. The number of aromatic nitrogens is 2. The van der Waals surface area contributed by atoms with Crippen LogP contribution in [0, 0.1) is 0 Å². The zero-order valence-electron chi connectivity index (χ0n) is 15.8. The van der Waals surface area contributed by atoms with Gasteiger partial charge in [0.15, 0.2) is 6.61 Å². The predicted octanol–water partition coefficient (Wildman–Crippen LogP) is 3.00. The summed E-state index contributed by atoms with van der Waals surface area (Å²) in [5, 5.41) is 9.10. The van der Waals surface area contributed by atoms with Crippen molar-refractivity contribution in [3.8, 4) is 17.1 Å². The molecule has 150 valence electrons. The van der Waals surface area contributed by atoms with Gasteiger partial charge in [0.05, 0.1) is 13.5 Å². The van der Waals surface area contributed by atoms with Gasteiger partial charge in [0.25, 0.3) is 5.89 Å². The molecular weight excluding hydrogens is 376 g/mol. The van der Waals surface area contributed by atoms with E-state index in [-0.39, 0.29) is 25.5 Å². The number of esters is 1. The molecule has 3 aromatic rings. The summed E-state index contributed by atoms with van der Waals surface area (Å²) in [6.07, 6.45) is 0.0156. The number of urea groups is 1. The highest BCUT2D eigenvalue weighted by atomic mass is 16.6. The Kier molecular flexibility index (Phi) is 6.77. The summed E-state index contributed by atoms with van der Waals surface area (Å²) in [4.78, 5) is 27.7. The molecule has 1 aromatic heterocycles. The molecule has 0 aliphatic carbocycles. The number of anilines is 1.